The maximum Gasteiger partial charge on any atom is 0.222 e. The number of amides is 1. The third kappa shape index (κ3) is 3.25. The number of carbonyl (C=O) groups excluding carboxylic acids is 1. The lowest BCUT2D eigenvalue weighted by molar-refractivity contribution is -0.132. The average Bonchev–Trinajstić information content (AvgIpc) is 2.38. The molecule has 0 radical (unpaired) electrons. The summed E-state index contributed by atoms with van der Waals surface area (Å²) in [6, 6.07) is 0. The molecule has 4 heteroatoms. The minimum atomic E-state index is 0.250. The Balaban J connectivity index is 2.14. The summed E-state index contributed by atoms with van der Waals surface area (Å²) in [6.45, 7) is 5.38. The van der Waals surface area contributed by atoms with Crippen LogP contribution in [-0.2, 0) is 11.3 Å². The average molecular weight is 261 g/mol. The second-order valence-electron chi connectivity index (χ2n) is 5.41. The van der Waals surface area contributed by atoms with Crippen LogP contribution in [-0.4, -0.2) is 22.3 Å². The molecule has 0 aliphatic carbocycles. The summed E-state index contributed by atoms with van der Waals surface area (Å²) < 4.78 is 0. The van der Waals surface area contributed by atoms with E-state index >= 15 is 0 Å². The molecule has 1 aliphatic rings. The number of anilines is 1. The standard InChI is InChI=1S/C15H23N3O/c1-11-9-17-13(12(2)15(11)16)10-18-8-6-4-3-5-7-14(18)19/h9H,3-8,10H2,1-2H3,(H2,16,17). The van der Waals surface area contributed by atoms with E-state index in [-0.39, 0.29) is 5.91 Å². The fourth-order valence-electron chi connectivity index (χ4n) is 2.52. The van der Waals surface area contributed by atoms with E-state index in [0.717, 1.165) is 41.9 Å². The van der Waals surface area contributed by atoms with Gasteiger partial charge in [-0.1, -0.05) is 12.8 Å². The van der Waals surface area contributed by atoms with Crippen molar-refractivity contribution in [1.29, 1.82) is 0 Å². The van der Waals surface area contributed by atoms with Crippen molar-refractivity contribution in [3.8, 4) is 0 Å². The second kappa shape index (κ2) is 6.04. The molecule has 4 nitrogen and oxygen atoms in total. The first kappa shape index (κ1) is 13.8. The summed E-state index contributed by atoms with van der Waals surface area (Å²) in [5.74, 6) is 0.250. The molecule has 1 amide bonds. The third-order valence-electron chi connectivity index (χ3n) is 3.94. The van der Waals surface area contributed by atoms with E-state index in [9.17, 15) is 4.79 Å². The minimum Gasteiger partial charge on any atom is -0.398 e. The topological polar surface area (TPSA) is 59.2 Å². The molecule has 1 fully saturated rings. The van der Waals surface area contributed by atoms with Crippen LogP contribution in [0.15, 0.2) is 6.20 Å². The first-order valence-corrected chi connectivity index (χ1v) is 7.08. The van der Waals surface area contributed by atoms with Crippen molar-refractivity contribution in [2.24, 2.45) is 0 Å². The lowest BCUT2D eigenvalue weighted by atomic mass is 10.1. The number of hydrogen-bond donors (Lipinski definition) is 1. The molecular formula is C15H23N3O. The van der Waals surface area contributed by atoms with Crippen molar-refractivity contribution in [1.82, 2.24) is 9.88 Å². The normalized spacial score (nSPS) is 17.2. The minimum absolute atomic E-state index is 0.250. The predicted molar refractivity (Wildman–Crippen MR) is 76.6 cm³/mol. The molecule has 1 aromatic rings. The van der Waals surface area contributed by atoms with Crippen LogP contribution in [0.4, 0.5) is 5.69 Å². The Morgan fingerprint density at radius 2 is 2.00 bits per heavy atom. The molecule has 0 spiro atoms. The first-order chi connectivity index (χ1) is 9.09. The van der Waals surface area contributed by atoms with Gasteiger partial charge in [0.2, 0.25) is 5.91 Å². The summed E-state index contributed by atoms with van der Waals surface area (Å²) in [4.78, 5) is 18.5. The molecule has 2 N–H and O–H groups in total. The van der Waals surface area contributed by atoms with Gasteiger partial charge in [0.1, 0.15) is 0 Å². The largest absolute Gasteiger partial charge is 0.398 e. The van der Waals surface area contributed by atoms with Gasteiger partial charge < -0.3 is 10.6 Å². The fraction of sp³-hybridized carbons (Fsp3) is 0.600. The molecule has 2 heterocycles. The molecule has 0 aromatic carbocycles. The van der Waals surface area contributed by atoms with Crippen molar-refractivity contribution in [3.63, 3.8) is 0 Å². The van der Waals surface area contributed by atoms with E-state index in [2.05, 4.69) is 4.98 Å². The zero-order valence-electron chi connectivity index (χ0n) is 11.9. The smallest absolute Gasteiger partial charge is 0.222 e. The van der Waals surface area contributed by atoms with Crippen molar-refractivity contribution < 1.29 is 4.79 Å². The molecule has 0 bridgehead atoms. The van der Waals surface area contributed by atoms with Crippen molar-refractivity contribution in [2.75, 3.05) is 12.3 Å². The van der Waals surface area contributed by atoms with Crippen LogP contribution in [0.5, 0.6) is 0 Å². The molecule has 0 unspecified atom stereocenters. The van der Waals surface area contributed by atoms with Crippen LogP contribution < -0.4 is 5.73 Å². The maximum absolute atomic E-state index is 12.1. The van der Waals surface area contributed by atoms with Gasteiger partial charge in [0, 0.05) is 24.8 Å². The Bertz CT molecular complexity index is 471. The third-order valence-corrected chi connectivity index (χ3v) is 3.94. The van der Waals surface area contributed by atoms with Crippen molar-refractivity contribution in [3.05, 3.63) is 23.0 Å². The van der Waals surface area contributed by atoms with Gasteiger partial charge in [-0.15, -0.1) is 0 Å². The Labute approximate surface area is 115 Å². The van der Waals surface area contributed by atoms with Gasteiger partial charge in [-0.25, -0.2) is 0 Å². The number of nitrogens with two attached hydrogens (primary N) is 1. The Kier molecular flexibility index (Phi) is 4.40. The second-order valence-corrected chi connectivity index (χ2v) is 5.41. The molecular weight excluding hydrogens is 238 g/mol. The van der Waals surface area contributed by atoms with Gasteiger partial charge >= 0.3 is 0 Å². The summed E-state index contributed by atoms with van der Waals surface area (Å²) >= 11 is 0. The summed E-state index contributed by atoms with van der Waals surface area (Å²) in [7, 11) is 0. The fourth-order valence-corrected chi connectivity index (χ4v) is 2.52. The highest BCUT2D eigenvalue weighted by molar-refractivity contribution is 5.76. The number of aromatic nitrogens is 1. The Morgan fingerprint density at radius 1 is 1.26 bits per heavy atom. The van der Waals surface area contributed by atoms with Gasteiger partial charge in [0.15, 0.2) is 0 Å². The number of aryl methyl sites for hydroxylation is 1. The SMILES string of the molecule is Cc1cnc(CN2CCCCCCC2=O)c(C)c1N. The number of pyridine rings is 1. The van der Waals surface area contributed by atoms with Crippen LogP contribution in [0, 0.1) is 13.8 Å². The lowest BCUT2D eigenvalue weighted by Gasteiger charge is -2.25. The van der Waals surface area contributed by atoms with Gasteiger partial charge in [0.05, 0.1) is 12.2 Å². The predicted octanol–water partition coefficient (Wildman–Crippen LogP) is 2.57. The first-order valence-electron chi connectivity index (χ1n) is 7.08. The molecule has 0 atom stereocenters. The molecule has 2 rings (SSSR count). The van der Waals surface area contributed by atoms with E-state index in [1.807, 2.05) is 18.7 Å². The van der Waals surface area contributed by atoms with E-state index < -0.39 is 0 Å². The van der Waals surface area contributed by atoms with E-state index in [1.54, 1.807) is 6.20 Å². The quantitative estimate of drug-likeness (QED) is 0.890. The van der Waals surface area contributed by atoms with Crippen molar-refractivity contribution in [2.45, 2.75) is 52.5 Å². The molecule has 1 aromatic heterocycles. The number of nitrogen functional groups attached to an aromatic ring is 1. The monoisotopic (exact) mass is 261 g/mol. The molecule has 0 saturated carbocycles. The number of hydrogen-bond acceptors (Lipinski definition) is 3. The van der Waals surface area contributed by atoms with Crippen LogP contribution >= 0.6 is 0 Å². The molecule has 1 saturated heterocycles. The highest BCUT2D eigenvalue weighted by Gasteiger charge is 2.18. The molecule has 1 aliphatic heterocycles. The van der Waals surface area contributed by atoms with E-state index in [1.165, 1.54) is 12.8 Å². The van der Waals surface area contributed by atoms with E-state index in [4.69, 9.17) is 5.73 Å². The number of rotatable bonds is 2. The van der Waals surface area contributed by atoms with Crippen LogP contribution in [0.2, 0.25) is 0 Å². The highest BCUT2D eigenvalue weighted by atomic mass is 16.2. The highest BCUT2D eigenvalue weighted by Crippen LogP contribution is 2.20. The number of likely N-dealkylation sites (tertiary alicyclic amines) is 1. The summed E-state index contributed by atoms with van der Waals surface area (Å²) in [5.41, 5.74) is 9.77. The van der Waals surface area contributed by atoms with Crippen LogP contribution in [0.25, 0.3) is 0 Å². The molecule has 104 valence electrons. The summed E-state index contributed by atoms with van der Waals surface area (Å²) in [5, 5.41) is 0. The van der Waals surface area contributed by atoms with Gasteiger partial charge in [-0.05, 0) is 37.8 Å². The van der Waals surface area contributed by atoms with Gasteiger partial charge in [-0.2, -0.15) is 0 Å². The van der Waals surface area contributed by atoms with Gasteiger partial charge in [-0.3, -0.25) is 9.78 Å². The molecule has 19 heavy (non-hydrogen) atoms. The number of carbonyl (C=O) groups is 1. The van der Waals surface area contributed by atoms with Gasteiger partial charge in [0.25, 0.3) is 0 Å². The van der Waals surface area contributed by atoms with Crippen LogP contribution in [0.3, 0.4) is 0 Å². The number of nitrogens with zero attached hydrogens (tertiary/aromatic N) is 2. The maximum atomic E-state index is 12.1. The van der Waals surface area contributed by atoms with Crippen molar-refractivity contribution >= 4 is 11.6 Å². The van der Waals surface area contributed by atoms with Crippen LogP contribution in [0.1, 0.15) is 48.9 Å². The Morgan fingerprint density at radius 3 is 2.79 bits per heavy atom. The zero-order valence-corrected chi connectivity index (χ0v) is 11.9. The lowest BCUT2D eigenvalue weighted by Crippen LogP contribution is -2.33. The summed E-state index contributed by atoms with van der Waals surface area (Å²) in [6.07, 6.45) is 6.96. The Hall–Kier alpha value is -1.58. The van der Waals surface area contributed by atoms with E-state index in [0.29, 0.717) is 13.0 Å². The zero-order chi connectivity index (χ0) is 13.8.